The molecule has 10 heteroatoms. The molecule has 1 aliphatic rings. The molecular weight excluding hydrogens is 583 g/mol. The Morgan fingerprint density at radius 2 is 1.77 bits per heavy atom. The van der Waals surface area contributed by atoms with E-state index in [0.29, 0.717) is 25.4 Å². The molecule has 0 saturated heterocycles. The minimum atomic E-state index is -3.79. The second-order valence-electron chi connectivity index (χ2n) is 11.1. The molecule has 2 N–H and O–H groups in total. The van der Waals surface area contributed by atoms with Crippen molar-refractivity contribution in [1.29, 1.82) is 0 Å². The fourth-order valence-electron chi connectivity index (χ4n) is 5.24. The molecule has 0 unspecified atom stereocenters. The molecule has 1 aromatic heterocycles. The Kier molecular flexibility index (Phi) is 9.51. The van der Waals surface area contributed by atoms with Crippen molar-refractivity contribution in [2.75, 3.05) is 31.5 Å². The number of ether oxygens (including phenoxy) is 1. The Bertz CT molecular complexity index is 1630. The van der Waals surface area contributed by atoms with Crippen LogP contribution in [0.4, 0.5) is 5.69 Å². The van der Waals surface area contributed by atoms with Gasteiger partial charge in [0.05, 0.1) is 18.2 Å². The fourth-order valence-corrected chi connectivity index (χ4v) is 7.28. The van der Waals surface area contributed by atoms with Crippen LogP contribution in [0.2, 0.25) is 0 Å². The first-order chi connectivity index (χ1) is 20.6. The van der Waals surface area contributed by atoms with Crippen LogP contribution in [0.15, 0.2) is 94.5 Å². The van der Waals surface area contributed by atoms with Gasteiger partial charge in [-0.2, -0.15) is 0 Å². The van der Waals surface area contributed by atoms with Gasteiger partial charge >= 0.3 is 0 Å². The number of anilines is 1. The molecule has 0 spiro atoms. The van der Waals surface area contributed by atoms with E-state index in [1.807, 2.05) is 32.2 Å². The number of hydrogen-bond donors (Lipinski definition) is 2. The lowest BCUT2D eigenvalue weighted by Gasteiger charge is -2.38. The predicted molar refractivity (Wildman–Crippen MR) is 171 cm³/mol. The van der Waals surface area contributed by atoms with Crippen LogP contribution in [-0.2, 0) is 16.6 Å². The molecule has 4 aromatic rings. The van der Waals surface area contributed by atoms with Crippen LogP contribution >= 0.6 is 11.3 Å². The summed E-state index contributed by atoms with van der Waals surface area (Å²) in [6.07, 6.45) is -0.262. The predicted octanol–water partition coefficient (Wildman–Crippen LogP) is 5.57. The summed E-state index contributed by atoms with van der Waals surface area (Å²) in [6, 6.07) is 26.4. The van der Waals surface area contributed by atoms with Crippen LogP contribution in [-0.4, -0.2) is 68.1 Å². The number of benzene rings is 3. The number of nitrogens with zero attached hydrogens (tertiary/aromatic N) is 2. The van der Waals surface area contributed by atoms with Crippen LogP contribution in [0.5, 0.6) is 5.75 Å². The van der Waals surface area contributed by atoms with E-state index in [9.17, 15) is 18.3 Å². The van der Waals surface area contributed by atoms with Gasteiger partial charge in [-0.25, -0.2) is 8.42 Å². The second kappa shape index (κ2) is 13.3. The third-order valence-electron chi connectivity index (χ3n) is 7.68. The molecule has 2 heterocycles. The molecule has 1 amide bonds. The zero-order valence-electron chi connectivity index (χ0n) is 24.5. The van der Waals surface area contributed by atoms with Gasteiger partial charge < -0.3 is 14.7 Å². The van der Waals surface area contributed by atoms with E-state index in [2.05, 4.69) is 46.0 Å². The van der Waals surface area contributed by atoms with Gasteiger partial charge in [0.15, 0.2) is 0 Å². The van der Waals surface area contributed by atoms with Crippen molar-refractivity contribution in [2.45, 2.75) is 36.7 Å². The Hall–Kier alpha value is -3.70. The second-order valence-corrected chi connectivity index (χ2v) is 14.0. The summed E-state index contributed by atoms with van der Waals surface area (Å²) in [5.74, 6) is 0.0354. The number of fused-ring (bicyclic) bond motifs is 1. The average Bonchev–Trinajstić information content (AvgIpc) is 3.56. The van der Waals surface area contributed by atoms with Gasteiger partial charge in [-0.05, 0) is 60.3 Å². The molecule has 3 aromatic carbocycles. The number of aliphatic hydroxyl groups excluding tert-OH is 1. The smallest absolute Gasteiger partial charge is 0.271 e. The number of aliphatic hydroxyl groups is 1. The summed E-state index contributed by atoms with van der Waals surface area (Å²) in [5, 5.41) is 11.7. The molecule has 0 aliphatic carbocycles. The zero-order chi connectivity index (χ0) is 30.6. The summed E-state index contributed by atoms with van der Waals surface area (Å²) in [7, 11) is -1.75. The first-order valence-corrected chi connectivity index (χ1v) is 16.6. The van der Waals surface area contributed by atoms with Crippen molar-refractivity contribution in [2.24, 2.45) is 5.92 Å². The molecule has 226 valence electrons. The Labute approximate surface area is 257 Å². The van der Waals surface area contributed by atoms with E-state index < -0.39 is 16.1 Å². The molecule has 0 fully saturated rings. The highest BCUT2D eigenvalue weighted by Gasteiger charge is 2.33. The molecule has 1 aliphatic heterocycles. The molecule has 5 rings (SSSR count). The van der Waals surface area contributed by atoms with Crippen LogP contribution < -0.4 is 9.46 Å². The quantitative estimate of drug-likeness (QED) is 0.241. The first-order valence-electron chi connectivity index (χ1n) is 14.3. The normalized spacial score (nSPS) is 18.0. The van der Waals surface area contributed by atoms with E-state index in [0.717, 1.165) is 11.3 Å². The standard InChI is InChI=1S/C33H37N3O5S2/c1-23-19-36(24(2)22-37)33(38)29-18-28(34-43(39,40)32-10-7-17-42-32)15-16-30(29)41-31(23)21-35(3)20-25-11-13-27(14-12-25)26-8-5-4-6-9-26/h4-18,23-24,31,34,37H,19-22H2,1-3H3/t23-,24+,31-/m1/s1. The maximum Gasteiger partial charge on any atom is 0.271 e. The highest BCUT2D eigenvalue weighted by molar-refractivity contribution is 7.94. The van der Waals surface area contributed by atoms with Gasteiger partial charge in [0, 0.05) is 31.2 Å². The van der Waals surface area contributed by atoms with Crippen LogP contribution in [0.1, 0.15) is 29.8 Å². The number of carbonyl (C=O) groups excluding carboxylic acids is 1. The third kappa shape index (κ3) is 7.27. The minimum Gasteiger partial charge on any atom is -0.488 e. The summed E-state index contributed by atoms with van der Waals surface area (Å²) < 4.78 is 35.0. The van der Waals surface area contributed by atoms with Crippen molar-refractivity contribution in [3.05, 3.63) is 101 Å². The van der Waals surface area contributed by atoms with E-state index in [1.165, 1.54) is 28.8 Å². The van der Waals surface area contributed by atoms with Gasteiger partial charge in [0.1, 0.15) is 16.1 Å². The number of thiophene rings is 1. The van der Waals surface area contributed by atoms with Crippen molar-refractivity contribution < 1.29 is 23.1 Å². The molecule has 8 nitrogen and oxygen atoms in total. The van der Waals surface area contributed by atoms with Crippen molar-refractivity contribution >= 4 is 33.0 Å². The van der Waals surface area contributed by atoms with Gasteiger partial charge in [0.2, 0.25) is 0 Å². The number of carbonyl (C=O) groups is 1. The summed E-state index contributed by atoms with van der Waals surface area (Å²) >= 11 is 1.12. The van der Waals surface area contributed by atoms with E-state index in [-0.39, 0.29) is 40.0 Å². The zero-order valence-corrected chi connectivity index (χ0v) is 26.1. The Morgan fingerprint density at radius 1 is 1.05 bits per heavy atom. The summed E-state index contributed by atoms with van der Waals surface area (Å²) in [4.78, 5) is 17.6. The minimum absolute atomic E-state index is 0.0361. The highest BCUT2D eigenvalue weighted by atomic mass is 32.2. The Balaban J connectivity index is 1.36. The first kappa shape index (κ1) is 30.7. The summed E-state index contributed by atoms with van der Waals surface area (Å²) in [5.41, 5.74) is 4.04. The monoisotopic (exact) mass is 619 g/mol. The van der Waals surface area contributed by atoms with Crippen LogP contribution in [0.25, 0.3) is 11.1 Å². The lowest BCUT2D eigenvalue weighted by atomic mass is 9.99. The number of likely N-dealkylation sites (N-methyl/N-ethyl adjacent to an activating group) is 1. The number of rotatable bonds is 10. The number of sulfonamides is 1. The fraction of sp³-hybridized carbons (Fsp3) is 0.303. The highest BCUT2D eigenvalue weighted by Crippen LogP contribution is 2.32. The van der Waals surface area contributed by atoms with Gasteiger partial charge in [-0.1, -0.05) is 67.6 Å². The van der Waals surface area contributed by atoms with Crippen molar-refractivity contribution in [1.82, 2.24) is 9.80 Å². The molecular formula is C33H37N3O5S2. The van der Waals surface area contributed by atoms with Crippen LogP contribution in [0.3, 0.4) is 0 Å². The largest absolute Gasteiger partial charge is 0.488 e. The number of hydrogen-bond acceptors (Lipinski definition) is 7. The maximum atomic E-state index is 13.7. The van der Waals surface area contributed by atoms with Gasteiger partial charge in [-0.3, -0.25) is 14.4 Å². The Morgan fingerprint density at radius 3 is 2.44 bits per heavy atom. The molecule has 43 heavy (non-hydrogen) atoms. The van der Waals surface area contributed by atoms with Crippen molar-refractivity contribution in [3.8, 4) is 16.9 Å². The third-order valence-corrected chi connectivity index (χ3v) is 10.5. The summed E-state index contributed by atoms with van der Waals surface area (Å²) in [6.45, 7) is 5.36. The number of nitrogens with one attached hydrogen (secondary N) is 1. The van der Waals surface area contributed by atoms with E-state index in [1.54, 1.807) is 35.4 Å². The topological polar surface area (TPSA) is 99.2 Å². The number of amides is 1. The SMILES string of the molecule is C[C@@H]1CN([C@@H](C)CO)C(=O)c2cc(NS(=O)(=O)c3cccs3)ccc2O[C@@H]1CN(C)Cc1ccc(-c2ccccc2)cc1. The van der Waals surface area contributed by atoms with Crippen molar-refractivity contribution in [3.63, 3.8) is 0 Å². The van der Waals surface area contributed by atoms with Gasteiger partial charge in [0.25, 0.3) is 15.9 Å². The lowest BCUT2D eigenvalue weighted by Crippen LogP contribution is -2.49. The average molecular weight is 620 g/mol. The lowest BCUT2D eigenvalue weighted by molar-refractivity contribution is 0.0341. The molecule has 0 saturated carbocycles. The maximum absolute atomic E-state index is 13.7. The van der Waals surface area contributed by atoms with E-state index >= 15 is 0 Å². The molecule has 3 atom stereocenters. The molecule has 0 bridgehead atoms. The molecule has 0 radical (unpaired) electrons. The van der Waals surface area contributed by atoms with Crippen LogP contribution in [0, 0.1) is 5.92 Å². The van der Waals surface area contributed by atoms with Gasteiger partial charge in [-0.15, -0.1) is 11.3 Å². The van der Waals surface area contributed by atoms with E-state index in [4.69, 9.17) is 4.74 Å².